The molecule has 2 atom stereocenters. The molecule has 0 aromatic heterocycles. The minimum absolute atomic E-state index is 0.0602. The van der Waals surface area contributed by atoms with Crippen LogP contribution in [-0.2, 0) is 26.9 Å². The van der Waals surface area contributed by atoms with Gasteiger partial charge < -0.3 is 9.84 Å². The van der Waals surface area contributed by atoms with Crippen molar-refractivity contribution in [1.82, 2.24) is 0 Å². The lowest BCUT2D eigenvalue weighted by atomic mass is 9.95. The first-order valence-electron chi connectivity index (χ1n) is 10.7. The van der Waals surface area contributed by atoms with Crippen LogP contribution in [0.5, 0.6) is 0 Å². The number of ketones is 1. The van der Waals surface area contributed by atoms with E-state index in [9.17, 15) is 27.9 Å². The summed E-state index contributed by atoms with van der Waals surface area (Å²) in [7, 11) is 1.36. The zero-order valence-electron chi connectivity index (χ0n) is 18.1. The number of aliphatic hydroxyl groups is 1. The first kappa shape index (κ1) is 25.6. The monoisotopic (exact) mass is 450 g/mol. The minimum Gasteiger partial charge on any atom is -0.469 e. The average molecular weight is 450 g/mol. The van der Waals surface area contributed by atoms with Crippen molar-refractivity contribution < 1.29 is 32.6 Å². The second kappa shape index (κ2) is 12.4. The molecule has 4 nitrogen and oxygen atoms in total. The number of esters is 1. The Kier molecular flexibility index (Phi) is 9.91. The van der Waals surface area contributed by atoms with Crippen molar-refractivity contribution in [2.24, 2.45) is 5.92 Å². The molecule has 0 aliphatic heterocycles. The first-order valence-corrected chi connectivity index (χ1v) is 10.7. The van der Waals surface area contributed by atoms with E-state index in [0.29, 0.717) is 43.2 Å². The smallest absolute Gasteiger partial charge is 0.416 e. The van der Waals surface area contributed by atoms with Gasteiger partial charge in [-0.2, -0.15) is 13.2 Å². The van der Waals surface area contributed by atoms with E-state index in [4.69, 9.17) is 0 Å². The van der Waals surface area contributed by atoms with Crippen LogP contribution in [0.3, 0.4) is 0 Å². The molecular formula is C25H29F3O4. The van der Waals surface area contributed by atoms with E-state index in [0.717, 1.165) is 18.6 Å². The number of rotatable bonds is 11. The number of carbonyl (C=O) groups is 2. The van der Waals surface area contributed by atoms with Crippen molar-refractivity contribution in [2.45, 2.75) is 57.2 Å². The molecular weight excluding hydrogens is 421 g/mol. The van der Waals surface area contributed by atoms with Crippen LogP contribution in [0.25, 0.3) is 0 Å². The van der Waals surface area contributed by atoms with E-state index >= 15 is 0 Å². The number of methoxy groups -OCH3 is 1. The molecule has 0 spiro atoms. The highest BCUT2D eigenvalue weighted by atomic mass is 19.4. The zero-order chi connectivity index (χ0) is 23.6. The molecule has 174 valence electrons. The predicted molar refractivity (Wildman–Crippen MR) is 116 cm³/mol. The number of ether oxygens (including phenoxy) is 1. The van der Waals surface area contributed by atoms with E-state index in [2.05, 4.69) is 4.74 Å². The third-order valence-electron chi connectivity index (χ3n) is 5.33. The van der Waals surface area contributed by atoms with Crippen molar-refractivity contribution in [3.63, 3.8) is 0 Å². The summed E-state index contributed by atoms with van der Waals surface area (Å²) in [5.74, 6) is -0.381. The van der Waals surface area contributed by atoms with Gasteiger partial charge in [-0.1, -0.05) is 42.5 Å². The summed E-state index contributed by atoms with van der Waals surface area (Å²) in [6.45, 7) is 0. The summed E-state index contributed by atoms with van der Waals surface area (Å²) in [6.07, 6.45) is 7.24. The maximum absolute atomic E-state index is 12.8. The number of unbranched alkanes of at least 4 members (excludes halogenated alkanes) is 1. The molecule has 0 radical (unpaired) electrons. The average Bonchev–Trinajstić information content (AvgIpc) is 3.11. The molecule has 0 saturated carbocycles. The number of halogens is 3. The fourth-order valence-corrected chi connectivity index (χ4v) is 3.49. The summed E-state index contributed by atoms with van der Waals surface area (Å²) >= 11 is 0. The number of aryl methyl sites for hydroxylation is 1. The second-order valence-corrected chi connectivity index (χ2v) is 7.79. The molecule has 0 heterocycles. The molecule has 0 saturated heterocycles. The predicted octanol–water partition coefficient (Wildman–Crippen LogP) is 5.36. The number of benzene rings is 1. The molecule has 0 bridgehead atoms. The standard InChI is InChI=1S/C25H29F3O4/c1-32-24(31)10-5-3-2-4-8-19-12-16-23(30)22(19)15-14-21(29)13-11-18-7-6-9-20(17-18)25(26,27)28/h2,4,6-7,9,12,15-17,19,21,29H,3,5,8,10-11,13-14H2,1H3/b4-2-,22-15+/t19-,21-/m0/s1. The molecule has 2 rings (SSSR count). The summed E-state index contributed by atoms with van der Waals surface area (Å²) < 4.78 is 43.0. The Bertz CT molecular complexity index is 868. The summed E-state index contributed by atoms with van der Waals surface area (Å²) in [5, 5.41) is 10.3. The molecule has 1 N–H and O–H groups in total. The molecule has 32 heavy (non-hydrogen) atoms. The van der Waals surface area contributed by atoms with Crippen LogP contribution in [0.1, 0.15) is 49.7 Å². The molecule has 1 aliphatic rings. The lowest BCUT2D eigenvalue weighted by Gasteiger charge is -2.12. The van der Waals surface area contributed by atoms with Crippen LogP contribution in [0.2, 0.25) is 0 Å². The third kappa shape index (κ3) is 8.46. The normalized spacial score (nSPS) is 18.6. The van der Waals surface area contributed by atoms with Gasteiger partial charge in [0.1, 0.15) is 0 Å². The van der Waals surface area contributed by atoms with E-state index in [1.807, 2.05) is 18.2 Å². The van der Waals surface area contributed by atoms with E-state index in [1.54, 1.807) is 12.1 Å². The van der Waals surface area contributed by atoms with Crippen molar-refractivity contribution in [1.29, 1.82) is 0 Å². The molecule has 1 aromatic rings. The quantitative estimate of drug-likeness (QED) is 0.213. The lowest BCUT2D eigenvalue weighted by molar-refractivity contribution is -0.140. The summed E-state index contributed by atoms with van der Waals surface area (Å²) in [6, 6.07) is 5.10. The van der Waals surface area contributed by atoms with E-state index in [-0.39, 0.29) is 24.1 Å². The van der Waals surface area contributed by atoms with Crippen molar-refractivity contribution in [3.05, 3.63) is 71.3 Å². The van der Waals surface area contributed by atoms with Crippen molar-refractivity contribution in [2.75, 3.05) is 7.11 Å². The van der Waals surface area contributed by atoms with Gasteiger partial charge in [0.2, 0.25) is 0 Å². The van der Waals surface area contributed by atoms with Gasteiger partial charge in [0.05, 0.1) is 18.8 Å². The van der Waals surface area contributed by atoms with Gasteiger partial charge in [-0.3, -0.25) is 9.59 Å². The third-order valence-corrected chi connectivity index (χ3v) is 5.33. The lowest BCUT2D eigenvalue weighted by Crippen LogP contribution is -2.10. The van der Waals surface area contributed by atoms with Gasteiger partial charge >= 0.3 is 12.1 Å². The van der Waals surface area contributed by atoms with Crippen LogP contribution in [0, 0.1) is 5.92 Å². The van der Waals surface area contributed by atoms with E-state index in [1.165, 1.54) is 19.3 Å². The molecule has 0 amide bonds. The highest BCUT2D eigenvalue weighted by molar-refractivity contribution is 6.07. The zero-order valence-corrected chi connectivity index (χ0v) is 18.1. The number of aliphatic hydroxyl groups excluding tert-OH is 1. The molecule has 0 fully saturated rings. The SMILES string of the molecule is COC(=O)CCC/C=C\C[C@H]1C=CC(=O)/C1=C/C[C@@H](O)CCc1cccc(C(F)(F)F)c1. The molecule has 1 aromatic carbocycles. The largest absolute Gasteiger partial charge is 0.469 e. The highest BCUT2D eigenvalue weighted by Gasteiger charge is 2.30. The number of alkyl halides is 3. The van der Waals surface area contributed by atoms with Gasteiger partial charge in [-0.25, -0.2) is 0 Å². The van der Waals surface area contributed by atoms with Crippen LogP contribution < -0.4 is 0 Å². The molecule has 7 heteroatoms. The summed E-state index contributed by atoms with van der Waals surface area (Å²) in [4.78, 5) is 23.2. The Morgan fingerprint density at radius 1 is 1.28 bits per heavy atom. The van der Waals surface area contributed by atoms with Gasteiger partial charge in [0.25, 0.3) is 0 Å². The van der Waals surface area contributed by atoms with Crippen LogP contribution >= 0.6 is 0 Å². The van der Waals surface area contributed by atoms with Gasteiger partial charge in [0, 0.05) is 17.9 Å². The number of hydrogen-bond donors (Lipinski definition) is 1. The Balaban J connectivity index is 1.81. The van der Waals surface area contributed by atoms with Crippen molar-refractivity contribution in [3.8, 4) is 0 Å². The number of carbonyl (C=O) groups excluding carboxylic acids is 2. The number of allylic oxidation sites excluding steroid dienone is 5. The second-order valence-electron chi connectivity index (χ2n) is 7.79. The van der Waals surface area contributed by atoms with Gasteiger partial charge in [-0.15, -0.1) is 0 Å². The fraction of sp³-hybridized carbons (Fsp3) is 0.440. The fourth-order valence-electron chi connectivity index (χ4n) is 3.49. The van der Waals surface area contributed by atoms with Gasteiger partial charge in [0.15, 0.2) is 5.78 Å². The van der Waals surface area contributed by atoms with Crippen LogP contribution in [-0.4, -0.2) is 30.1 Å². The van der Waals surface area contributed by atoms with Crippen LogP contribution in [0.15, 0.2) is 60.2 Å². The van der Waals surface area contributed by atoms with Gasteiger partial charge in [-0.05, 0) is 56.2 Å². The van der Waals surface area contributed by atoms with Crippen LogP contribution in [0.4, 0.5) is 13.2 Å². The highest BCUT2D eigenvalue weighted by Crippen LogP contribution is 2.30. The molecule has 0 unspecified atom stereocenters. The Hall–Kier alpha value is -2.67. The minimum atomic E-state index is -4.39. The number of hydrogen-bond acceptors (Lipinski definition) is 4. The van der Waals surface area contributed by atoms with Crippen molar-refractivity contribution >= 4 is 11.8 Å². The van der Waals surface area contributed by atoms with E-state index < -0.39 is 17.8 Å². The first-order chi connectivity index (χ1) is 15.2. The Labute approximate surface area is 186 Å². The summed E-state index contributed by atoms with van der Waals surface area (Å²) in [5.41, 5.74) is 0.443. The molecule has 1 aliphatic carbocycles. The topological polar surface area (TPSA) is 63.6 Å². The maximum Gasteiger partial charge on any atom is 0.416 e. The maximum atomic E-state index is 12.8. The Morgan fingerprint density at radius 2 is 2.06 bits per heavy atom. The Morgan fingerprint density at radius 3 is 2.78 bits per heavy atom.